The molecule has 2 aromatic rings. The van der Waals surface area contributed by atoms with E-state index in [0.717, 1.165) is 43.5 Å². The molecule has 8 heteroatoms. The largest absolute Gasteiger partial charge is 0.550 e. The van der Waals surface area contributed by atoms with Crippen LogP contribution < -0.4 is 21.1 Å². The Morgan fingerprint density at radius 2 is 1.86 bits per heavy atom. The van der Waals surface area contributed by atoms with Crippen molar-refractivity contribution in [1.29, 1.82) is 0 Å². The van der Waals surface area contributed by atoms with Crippen LogP contribution in [0.2, 0.25) is 0 Å². The molecule has 1 atom stereocenters. The second kappa shape index (κ2) is 11.8. The average Bonchev–Trinajstić information content (AvgIpc) is 2.99. The molecule has 0 saturated carbocycles. The molecule has 0 aromatic heterocycles. The Morgan fingerprint density at radius 3 is 2.60 bits per heavy atom. The zero-order valence-electron chi connectivity index (χ0n) is 19.9. The van der Waals surface area contributed by atoms with Crippen LogP contribution in [0.4, 0.5) is 5.69 Å². The van der Waals surface area contributed by atoms with Crippen LogP contribution in [0.3, 0.4) is 0 Å². The number of hydrogen-bond donors (Lipinski definition) is 3. The third-order valence-electron chi connectivity index (χ3n) is 6.85. The summed E-state index contributed by atoms with van der Waals surface area (Å²) in [5, 5.41) is 20.8. The van der Waals surface area contributed by atoms with Crippen LogP contribution in [-0.4, -0.2) is 54.9 Å². The molecule has 8 nitrogen and oxygen atoms in total. The van der Waals surface area contributed by atoms with Gasteiger partial charge in [-0.05, 0) is 68.0 Å². The molecule has 0 radical (unpaired) electrons. The number of carbonyl (C=O) groups is 3. The van der Waals surface area contributed by atoms with Gasteiger partial charge in [0.15, 0.2) is 0 Å². The summed E-state index contributed by atoms with van der Waals surface area (Å²) in [6, 6.07) is 14.2. The summed E-state index contributed by atoms with van der Waals surface area (Å²) in [6.07, 6.45) is 3.44. The summed E-state index contributed by atoms with van der Waals surface area (Å²) in [7, 11) is 0. The first-order chi connectivity index (χ1) is 17.0. The van der Waals surface area contributed by atoms with Gasteiger partial charge in [0.1, 0.15) is 6.04 Å². The summed E-state index contributed by atoms with van der Waals surface area (Å²) in [5.74, 6) is -1.12. The molecule has 2 aromatic carbocycles. The van der Waals surface area contributed by atoms with E-state index in [2.05, 4.69) is 16.0 Å². The van der Waals surface area contributed by atoms with Gasteiger partial charge in [-0.2, -0.15) is 0 Å². The number of anilines is 1. The third kappa shape index (κ3) is 6.82. The Labute approximate surface area is 206 Å². The van der Waals surface area contributed by atoms with Crippen molar-refractivity contribution < 1.29 is 19.5 Å². The maximum atomic E-state index is 13.2. The van der Waals surface area contributed by atoms with Crippen LogP contribution in [0.15, 0.2) is 48.5 Å². The van der Waals surface area contributed by atoms with Crippen LogP contribution in [0.5, 0.6) is 0 Å². The van der Waals surface area contributed by atoms with Crippen molar-refractivity contribution >= 4 is 23.5 Å². The second-order valence-corrected chi connectivity index (χ2v) is 9.38. The number of rotatable bonds is 9. The van der Waals surface area contributed by atoms with Crippen molar-refractivity contribution in [2.75, 3.05) is 31.5 Å². The topological polar surface area (TPSA) is 114 Å². The maximum Gasteiger partial charge on any atom is 0.251 e. The van der Waals surface area contributed by atoms with Crippen molar-refractivity contribution in [3.05, 3.63) is 65.2 Å². The third-order valence-corrected chi connectivity index (χ3v) is 6.85. The Bertz CT molecular complexity index is 1040. The molecule has 186 valence electrons. The minimum Gasteiger partial charge on any atom is -0.550 e. The van der Waals surface area contributed by atoms with Crippen molar-refractivity contribution in [2.24, 2.45) is 5.92 Å². The first-order valence-electron chi connectivity index (χ1n) is 12.4. The van der Waals surface area contributed by atoms with Crippen molar-refractivity contribution in [3.63, 3.8) is 0 Å². The van der Waals surface area contributed by atoms with Crippen molar-refractivity contribution in [2.45, 2.75) is 44.7 Å². The molecule has 0 bridgehead atoms. The van der Waals surface area contributed by atoms with Gasteiger partial charge in [0.2, 0.25) is 5.91 Å². The first kappa shape index (κ1) is 24.7. The Morgan fingerprint density at radius 1 is 1.09 bits per heavy atom. The van der Waals surface area contributed by atoms with E-state index in [0.29, 0.717) is 43.2 Å². The van der Waals surface area contributed by atoms with Gasteiger partial charge >= 0.3 is 0 Å². The molecule has 0 aliphatic carbocycles. The number of nitrogens with zero attached hydrogens (tertiary/aromatic N) is 1. The standard InChI is InChI=1S/C27H34N4O4/c32-25(33)17-24-27(35)31(15-11-19-4-2-1-3-5-19)18-22-7-6-21(16-23(22)30-24)26(34)29-14-10-20-8-12-28-13-9-20/h1-7,16,20,24,28,30H,8-15,17-18H2,(H,29,34)(H,32,33)/p-1. The van der Waals surface area contributed by atoms with E-state index in [9.17, 15) is 19.5 Å². The highest BCUT2D eigenvalue weighted by atomic mass is 16.4. The van der Waals surface area contributed by atoms with Crippen LogP contribution in [0.1, 0.15) is 47.2 Å². The van der Waals surface area contributed by atoms with E-state index in [1.54, 1.807) is 17.0 Å². The van der Waals surface area contributed by atoms with Gasteiger partial charge < -0.3 is 30.8 Å². The number of benzene rings is 2. The van der Waals surface area contributed by atoms with Crippen molar-refractivity contribution in [1.82, 2.24) is 15.5 Å². The van der Waals surface area contributed by atoms with Gasteiger partial charge in [-0.3, -0.25) is 9.59 Å². The predicted molar refractivity (Wildman–Crippen MR) is 132 cm³/mol. The highest BCUT2D eigenvalue weighted by Gasteiger charge is 2.29. The van der Waals surface area contributed by atoms with Gasteiger partial charge in [-0.15, -0.1) is 0 Å². The Hall–Kier alpha value is -3.39. The van der Waals surface area contributed by atoms with Crippen LogP contribution in [0.25, 0.3) is 0 Å². The lowest BCUT2D eigenvalue weighted by molar-refractivity contribution is -0.305. The number of fused-ring (bicyclic) bond motifs is 1. The summed E-state index contributed by atoms with van der Waals surface area (Å²) in [4.78, 5) is 39.0. The number of carboxylic acids is 1. The highest BCUT2D eigenvalue weighted by molar-refractivity contribution is 5.96. The quantitative estimate of drug-likeness (QED) is 0.502. The molecule has 2 aliphatic heterocycles. The molecule has 3 N–H and O–H groups in total. The molecular formula is C27H33N4O4-. The van der Waals surface area contributed by atoms with E-state index in [4.69, 9.17) is 0 Å². The number of piperidine rings is 1. The van der Waals surface area contributed by atoms with Crippen LogP contribution in [0, 0.1) is 5.92 Å². The normalized spacial score (nSPS) is 18.3. The van der Waals surface area contributed by atoms with E-state index < -0.39 is 18.4 Å². The first-order valence-corrected chi connectivity index (χ1v) is 12.4. The molecule has 2 heterocycles. The number of hydrogen-bond acceptors (Lipinski definition) is 6. The molecular weight excluding hydrogens is 444 g/mol. The van der Waals surface area contributed by atoms with Gasteiger partial charge in [-0.1, -0.05) is 36.4 Å². The smallest absolute Gasteiger partial charge is 0.251 e. The van der Waals surface area contributed by atoms with E-state index in [1.807, 2.05) is 36.4 Å². The summed E-state index contributed by atoms with van der Waals surface area (Å²) >= 11 is 0. The molecule has 1 unspecified atom stereocenters. The van der Waals surface area contributed by atoms with Gasteiger partial charge in [0.05, 0.1) is 0 Å². The molecule has 2 amide bonds. The van der Waals surface area contributed by atoms with Crippen molar-refractivity contribution in [3.8, 4) is 0 Å². The molecule has 2 aliphatic rings. The lowest BCUT2D eigenvalue weighted by atomic mass is 9.95. The lowest BCUT2D eigenvalue weighted by Crippen LogP contribution is -2.44. The van der Waals surface area contributed by atoms with Crippen LogP contribution in [-0.2, 0) is 22.6 Å². The molecule has 0 spiro atoms. The van der Waals surface area contributed by atoms with E-state index in [1.165, 1.54) is 0 Å². The SMILES string of the molecule is O=C([O-])CC1Nc2cc(C(=O)NCCC3CCNCC3)ccc2CN(CCc2ccccc2)C1=O. The number of carbonyl (C=O) groups excluding carboxylic acids is 3. The molecule has 1 saturated heterocycles. The Balaban J connectivity index is 1.44. The molecule has 4 rings (SSSR count). The summed E-state index contributed by atoms with van der Waals surface area (Å²) < 4.78 is 0. The number of nitrogens with one attached hydrogen (secondary N) is 3. The zero-order chi connectivity index (χ0) is 24.6. The minimum atomic E-state index is -1.30. The summed E-state index contributed by atoms with van der Waals surface area (Å²) in [5.41, 5.74) is 3.04. The second-order valence-electron chi connectivity index (χ2n) is 9.38. The fraction of sp³-hybridized carbons (Fsp3) is 0.444. The summed E-state index contributed by atoms with van der Waals surface area (Å²) in [6.45, 7) is 3.49. The molecule has 35 heavy (non-hydrogen) atoms. The van der Waals surface area contributed by atoms with Crippen LogP contribution >= 0.6 is 0 Å². The Kier molecular flexibility index (Phi) is 8.36. The number of amides is 2. The number of carboxylic acid groups (broad SMARTS) is 1. The van der Waals surface area contributed by atoms with Gasteiger partial charge in [0.25, 0.3) is 5.91 Å². The fourth-order valence-electron chi connectivity index (χ4n) is 4.81. The monoisotopic (exact) mass is 477 g/mol. The minimum absolute atomic E-state index is 0.170. The molecule has 1 fully saturated rings. The van der Waals surface area contributed by atoms with Gasteiger partial charge in [-0.25, -0.2) is 0 Å². The zero-order valence-corrected chi connectivity index (χ0v) is 19.9. The number of aliphatic carboxylic acids is 1. The maximum absolute atomic E-state index is 13.2. The predicted octanol–water partition coefficient (Wildman–Crippen LogP) is 1.31. The highest BCUT2D eigenvalue weighted by Crippen LogP contribution is 2.26. The lowest BCUT2D eigenvalue weighted by Gasteiger charge is -2.25. The van der Waals surface area contributed by atoms with Gasteiger partial charge in [0, 0.05) is 43.3 Å². The van der Waals surface area contributed by atoms with E-state index >= 15 is 0 Å². The fourth-order valence-corrected chi connectivity index (χ4v) is 4.81. The van der Waals surface area contributed by atoms with E-state index in [-0.39, 0.29) is 11.8 Å². The average molecular weight is 478 g/mol.